The smallest absolute Gasteiger partial charge is 0.191 e. The second-order valence-corrected chi connectivity index (χ2v) is 7.05. The first-order valence-electron chi connectivity index (χ1n) is 7.57. The number of aryl methyl sites for hydroxylation is 1. The minimum atomic E-state index is 0.0907. The third kappa shape index (κ3) is 3.94. The fraction of sp³-hybridized carbons (Fsp3) is 0.167. The highest BCUT2D eigenvalue weighted by Gasteiger charge is 2.10. The van der Waals surface area contributed by atoms with Crippen molar-refractivity contribution in [1.82, 2.24) is 14.8 Å². The van der Waals surface area contributed by atoms with E-state index in [4.69, 9.17) is 0 Å². The number of ketones is 1. The number of rotatable bonds is 6. The van der Waals surface area contributed by atoms with Crippen LogP contribution in [0, 0.1) is 0 Å². The standard InChI is InChI=1S/C18H16BrN3OS/c1-2-22-12-20-21-18(22)24-11-17(23)15-5-3-13(4-6-15)14-7-9-16(19)10-8-14/h3-10,12H,2,11H2,1H3. The molecule has 0 saturated carbocycles. The van der Waals surface area contributed by atoms with Crippen LogP contribution in [-0.2, 0) is 6.54 Å². The summed E-state index contributed by atoms with van der Waals surface area (Å²) in [6.07, 6.45) is 1.68. The third-order valence-corrected chi connectivity index (χ3v) is 5.15. The molecule has 1 heterocycles. The van der Waals surface area contributed by atoms with Crippen molar-refractivity contribution in [3.63, 3.8) is 0 Å². The number of Topliss-reactive ketones (excluding diaryl/α,β-unsaturated/α-hetero) is 1. The lowest BCUT2D eigenvalue weighted by molar-refractivity contribution is 0.102. The van der Waals surface area contributed by atoms with Crippen LogP contribution in [-0.4, -0.2) is 26.3 Å². The van der Waals surface area contributed by atoms with Crippen molar-refractivity contribution in [2.45, 2.75) is 18.6 Å². The highest BCUT2D eigenvalue weighted by atomic mass is 79.9. The van der Waals surface area contributed by atoms with Crippen LogP contribution in [0.25, 0.3) is 11.1 Å². The predicted molar refractivity (Wildman–Crippen MR) is 100 cm³/mol. The number of hydrogen-bond acceptors (Lipinski definition) is 4. The van der Waals surface area contributed by atoms with Gasteiger partial charge in [0.2, 0.25) is 0 Å². The number of halogens is 1. The first kappa shape index (κ1) is 16.9. The Kier molecular flexibility index (Phi) is 5.48. The average Bonchev–Trinajstić information content (AvgIpc) is 3.08. The predicted octanol–water partition coefficient (Wildman–Crippen LogP) is 4.70. The Balaban J connectivity index is 1.66. The summed E-state index contributed by atoms with van der Waals surface area (Å²) in [6.45, 7) is 2.82. The number of benzene rings is 2. The van der Waals surface area contributed by atoms with E-state index in [1.165, 1.54) is 11.8 Å². The molecule has 0 bridgehead atoms. The third-order valence-electron chi connectivity index (χ3n) is 3.64. The molecule has 0 aliphatic rings. The van der Waals surface area contributed by atoms with Crippen molar-refractivity contribution in [3.8, 4) is 11.1 Å². The molecule has 1 aromatic heterocycles. The molecule has 0 amide bonds. The van der Waals surface area contributed by atoms with E-state index in [9.17, 15) is 4.79 Å². The van der Waals surface area contributed by atoms with Crippen LogP contribution in [0.3, 0.4) is 0 Å². The van der Waals surface area contributed by atoms with Crippen molar-refractivity contribution in [1.29, 1.82) is 0 Å². The molecule has 6 heteroatoms. The van der Waals surface area contributed by atoms with Crippen molar-refractivity contribution in [2.24, 2.45) is 0 Å². The molecular weight excluding hydrogens is 386 g/mol. The largest absolute Gasteiger partial charge is 0.309 e. The molecular formula is C18H16BrN3OS. The van der Waals surface area contributed by atoms with E-state index in [0.29, 0.717) is 11.3 Å². The average molecular weight is 402 g/mol. The summed E-state index contributed by atoms with van der Waals surface area (Å²) in [5.74, 6) is 0.448. The van der Waals surface area contributed by atoms with Gasteiger partial charge in [0.25, 0.3) is 0 Å². The molecule has 122 valence electrons. The van der Waals surface area contributed by atoms with Gasteiger partial charge < -0.3 is 4.57 Å². The summed E-state index contributed by atoms with van der Waals surface area (Å²) in [6, 6.07) is 15.8. The Morgan fingerprint density at radius 3 is 2.33 bits per heavy atom. The van der Waals surface area contributed by atoms with Crippen molar-refractivity contribution >= 4 is 33.5 Å². The van der Waals surface area contributed by atoms with Gasteiger partial charge >= 0.3 is 0 Å². The Bertz CT molecular complexity index is 828. The molecule has 0 aliphatic carbocycles. The second kappa shape index (κ2) is 7.77. The summed E-state index contributed by atoms with van der Waals surface area (Å²) in [5, 5.41) is 8.68. The van der Waals surface area contributed by atoms with Crippen LogP contribution in [0.2, 0.25) is 0 Å². The molecule has 24 heavy (non-hydrogen) atoms. The fourth-order valence-corrected chi connectivity index (χ4v) is 3.42. The van der Waals surface area contributed by atoms with Gasteiger partial charge in [-0.2, -0.15) is 0 Å². The van der Waals surface area contributed by atoms with Gasteiger partial charge in [-0.15, -0.1) is 10.2 Å². The van der Waals surface area contributed by atoms with Gasteiger partial charge in [-0.1, -0.05) is 64.1 Å². The summed E-state index contributed by atoms with van der Waals surface area (Å²) < 4.78 is 2.98. The van der Waals surface area contributed by atoms with E-state index >= 15 is 0 Å². The lowest BCUT2D eigenvalue weighted by atomic mass is 10.0. The molecule has 3 aromatic rings. The molecule has 0 unspecified atom stereocenters. The normalized spacial score (nSPS) is 10.8. The summed E-state index contributed by atoms with van der Waals surface area (Å²) >= 11 is 4.85. The number of carbonyl (C=O) groups is 1. The lowest BCUT2D eigenvalue weighted by Crippen LogP contribution is -2.04. The van der Waals surface area contributed by atoms with E-state index in [1.807, 2.05) is 60.0 Å². The van der Waals surface area contributed by atoms with E-state index in [0.717, 1.165) is 27.3 Å². The molecule has 2 aromatic carbocycles. The number of hydrogen-bond donors (Lipinski definition) is 0. The summed E-state index contributed by atoms with van der Waals surface area (Å²) in [7, 11) is 0. The van der Waals surface area contributed by atoms with Crippen LogP contribution in [0.4, 0.5) is 0 Å². The maximum Gasteiger partial charge on any atom is 0.191 e. The topological polar surface area (TPSA) is 47.8 Å². The first-order chi connectivity index (χ1) is 11.7. The molecule has 0 aliphatic heterocycles. The highest BCUT2D eigenvalue weighted by Crippen LogP contribution is 2.23. The van der Waals surface area contributed by atoms with Gasteiger partial charge in [0.15, 0.2) is 10.9 Å². The number of nitrogens with zero attached hydrogens (tertiary/aromatic N) is 3. The number of aromatic nitrogens is 3. The van der Waals surface area contributed by atoms with Gasteiger partial charge in [0.1, 0.15) is 6.33 Å². The van der Waals surface area contributed by atoms with E-state index < -0.39 is 0 Å². The zero-order chi connectivity index (χ0) is 16.9. The molecule has 0 atom stereocenters. The maximum absolute atomic E-state index is 12.3. The van der Waals surface area contributed by atoms with Gasteiger partial charge in [-0.25, -0.2) is 0 Å². The molecule has 4 nitrogen and oxygen atoms in total. The van der Waals surface area contributed by atoms with Crippen molar-refractivity contribution < 1.29 is 4.79 Å². The highest BCUT2D eigenvalue weighted by molar-refractivity contribution is 9.10. The quantitative estimate of drug-likeness (QED) is 0.443. The molecule has 3 rings (SSSR count). The first-order valence-corrected chi connectivity index (χ1v) is 9.35. The zero-order valence-electron chi connectivity index (χ0n) is 13.1. The Morgan fingerprint density at radius 1 is 1.08 bits per heavy atom. The summed E-state index contributed by atoms with van der Waals surface area (Å²) in [5.41, 5.74) is 2.94. The fourth-order valence-electron chi connectivity index (χ4n) is 2.28. The Labute approximate surface area is 153 Å². The van der Waals surface area contributed by atoms with Crippen molar-refractivity contribution in [2.75, 3.05) is 5.75 Å². The van der Waals surface area contributed by atoms with Crippen LogP contribution >= 0.6 is 27.7 Å². The number of carbonyl (C=O) groups excluding carboxylic acids is 1. The van der Waals surface area contributed by atoms with Crippen LogP contribution < -0.4 is 0 Å². The van der Waals surface area contributed by atoms with Crippen LogP contribution in [0.1, 0.15) is 17.3 Å². The second-order valence-electron chi connectivity index (χ2n) is 5.20. The van der Waals surface area contributed by atoms with Gasteiger partial charge in [0, 0.05) is 16.6 Å². The Hall–Kier alpha value is -1.92. The van der Waals surface area contributed by atoms with Gasteiger partial charge in [-0.05, 0) is 30.2 Å². The minimum Gasteiger partial charge on any atom is -0.309 e. The van der Waals surface area contributed by atoms with Gasteiger partial charge in [-0.3, -0.25) is 4.79 Å². The van der Waals surface area contributed by atoms with E-state index in [-0.39, 0.29) is 5.78 Å². The minimum absolute atomic E-state index is 0.0907. The zero-order valence-corrected chi connectivity index (χ0v) is 15.5. The SMILES string of the molecule is CCn1cnnc1SCC(=O)c1ccc(-c2ccc(Br)cc2)cc1. The van der Waals surface area contributed by atoms with Crippen LogP contribution in [0.15, 0.2) is 64.5 Å². The monoisotopic (exact) mass is 401 g/mol. The molecule has 0 fully saturated rings. The summed E-state index contributed by atoms with van der Waals surface area (Å²) in [4.78, 5) is 12.3. The van der Waals surface area contributed by atoms with Crippen molar-refractivity contribution in [3.05, 3.63) is 64.9 Å². The number of thioether (sulfide) groups is 1. The molecule has 0 spiro atoms. The maximum atomic E-state index is 12.3. The molecule has 0 radical (unpaired) electrons. The van der Waals surface area contributed by atoms with E-state index in [1.54, 1.807) is 6.33 Å². The van der Waals surface area contributed by atoms with Crippen LogP contribution in [0.5, 0.6) is 0 Å². The molecule has 0 N–H and O–H groups in total. The van der Waals surface area contributed by atoms with Gasteiger partial charge in [0.05, 0.1) is 5.75 Å². The molecule has 0 saturated heterocycles. The Morgan fingerprint density at radius 2 is 1.71 bits per heavy atom. The van der Waals surface area contributed by atoms with E-state index in [2.05, 4.69) is 26.1 Å². The lowest BCUT2D eigenvalue weighted by Gasteiger charge is -2.05.